The number of carbonyl (C=O) groups is 1. The van der Waals surface area contributed by atoms with Gasteiger partial charge in [-0.05, 0) is 25.0 Å². The van der Waals surface area contributed by atoms with Crippen LogP contribution in [0.15, 0.2) is 24.5 Å². The number of aldehydes is 1. The molecule has 74 valence electrons. The molecule has 3 nitrogen and oxygen atoms in total. The number of hydrogen-bond acceptors (Lipinski definition) is 3. The summed E-state index contributed by atoms with van der Waals surface area (Å²) in [7, 11) is 0. The van der Waals surface area contributed by atoms with Crippen molar-refractivity contribution >= 4 is 12.0 Å². The highest BCUT2D eigenvalue weighted by Gasteiger charge is 2.19. The highest BCUT2D eigenvalue weighted by atomic mass is 16.1. The lowest BCUT2D eigenvalue weighted by Crippen LogP contribution is -2.35. The van der Waals surface area contributed by atoms with Crippen LogP contribution in [0, 0.1) is 5.92 Å². The highest BCUT2D eigenvalue weighted by Crippen LogP contribution is 2.20. The van der Waals surface area contributed by atoms with E-state index in [1.165, 1.54) is 0 Å². The van der Waals surface area contributed by atoms with Gasteiger partial charge in [-0.3, -0.25) is 4.98 Å². The highest BCUT2D eigenvalue weighted by molar-refractivity contribution is 5.56. The number of carbonyl (C=O) groups excluding carboxylic acids is 1. The van der Waals surface area contributed by atoms with E-state index in [0.717, 1.165) is 37.9 Å². The minimum Gasteiger partial charge on any atom is -0.370 e. The van der Waals surface area contributed by atoms with E-state index in [9.17, 15) is 4.79 Å². The fourth-order valence-corrected chi connectivity index (χ4v) is 1.90. The van der Waals surface area contributed by atoms with Crippen LogP contribution in [0.3, 0.4) is 0 Å². The Morgan fingerprint density at radius 3 is 3.21 bits per heavy atom. The summed E-state index contributed by atoms with van der Waals surface area (Å²) in [6.07, 6.45) is 6.82. The molecule has 2 heterocycles. The molecule has 1 atom stereocenters. The quantitative estimate of drug-likeness (QED) is 0.662. The monoisotopic (exact) mass is 190 g/mol. The minimum atomic E-state index is 0.198. The zero-order chi connectivity index (χ0) is 9.80. The van der Waals surface area contributed by atoms with Gasteiger partial charge in [0.2, 0.25) is 0 Å². The second-order valence-corrected chi connectivity index (χ2v) is 3.70. The smallest absolute Gasteiger partial charge is 0.124 e. The standard InChI is InChI=1S/C11H14N2O/c14-9-10-3-2-6-13(8-10)11-4-1-5-12-7-11/h1,4-5,7,9-10H,2-3,6,8H2/t10-/m1/s1. The van der Waals surface area contributed by atoms with Crippen LogP contribution in [-0.4, -0.2) is 24.4 Å². The molecule has 0 amide bonds. The third-order valence-corrected chi connectivity index (χ3v) is 2.66. The number of pyridine rings is 1. The van der Waals surface area contributed by atoms with Crippen LogP contribution < -0.4 is 4.90 Å². The molecule has 2 rings (SSSR count). The number of hydrogen-bond donors (Lipinski definition) is 0. The number of anilines is 1. The molecule has 0 saturated carbocycles. The van der Waals surface area contributed by atoms with Gasteiger partial charge >= 0.3 is 0 Å². The molecule has 0 bridgehead atoms. The van der Waals surface area contributed by atoms with Gasteiger partial charge in [-0.25, -0.2) is 0 Å². The Balaban J connectivity index is 2.08. The van der Waals surface area contributed by atoms with Crippen molar-refractivity contribution in [3.63, 3.8) is 0 Å². The molecule has 1 aliphatic rings. The maximum absolute atomic E-state index is 10.7. The van der Waals surface area contributed by atoms with Crippen molar-refractivity contribution in [3.05, 3.63) is 24.5 Å². The van der Waals surface area contributed by atoms with Gasteiger partial charge in [-0.1, -0.05) is 0 Å². The first-order chi connectivity index (χ1) is 6.90. The number of rotatable bonds is 2. The average Bonchev–Trinajstić information content (AvgIpc) is 2.30. The summed E-state index contributed by atoms with van der Waals surface area (Å²) in [5, 5.41) is 0. The maximum Gasteiger partial charge on any atom is 0.124 e. The second-order valence-electron chi connectivity index (χ2n) is 3.70. The largest absolute Gasteiger partial charge is 0.370 e. The molecule has 0 radical (unpaired) electrons. The van der Waals surface area contributed by atoms with Crippen LogP contribution >= 0.6 is 0 Å². The van der Waals surface area contributed by atoms with E-state index in [2.05, 4.69) is 9.88 Å². The Hall–Kier alpha value is -1.38. The number of nitrogens with zero attached hydrogens (tertiary/aromatic N) is 2. The van der Waals surface area contributed by atoms with Crippen molar-refractivity contribution in [2.75, 3.05) is 18.0 Å². The van der Waals surface area contributed by atoms with Gasteiger partial charge in [-0.2, -0.15) is 0 Å². The van der Waals surface area contributed by atoms with Gasteiger partial charge in [0.15, 0.2) is 0 Å². The fraction of sp³-hybridized carbons (Fsp3) is 0.455. The zero-order valence-corrected chi connectivity index (χ0v) is 8.10. The molecule has 14 heavy (non-hydrogen) atoms. The van der Waals surface area contributed by atoms with E-state index in [4.69, 9.17) is 0 Å². The summed E-state index contributed by atoms with van der Waals surface area (Å²) in [6.45, 7) is 1.88. The van der Waals surface area contributed by atoms with Crippen molar-refractivity contribution in [3.8, 4) is 0 Å². The summed E-state index contributed by atoms with van der Waals surface area (Å²) in [5.41, 5.74) is 1.12. The van der Waals surface area contributed by atoms with Gasteiger partial charge in [0.05, 0.1) is 11.9 Å². The Bertz CT molecular complexity index is 299. The predicted molar refractivity (Wildman–Crippen MR) is 55.2 cm³/mol. The van der Waals surface area contributed by atoms with Gasteiger partial charge in [0, 0.05) is 25.2 Å². The van der Waals surface area contributed by atoms with E-state index < -0.39 is 0 Å². The molecular formula is C11H14N2O. The van der Waals surface area contributed by atoms with Crippen molar-refractivity contribution in [2.24, 2.45) is 5.92 Å². The van der Waals surface area contributed by atoms with E-state index in [-0.39, 0.29) is 5.92 Å². The van der Waals surface area contributed by atoms with Gasteiger partial charge in [0.25, 0.3) is 0 Å². The lowest BCUT2D eigenvalue weighted by Gasteiger charge is -2.31. The summed E-state index contributed by atoms with van der Waals surface area (Å²) in [6, 6.07) is 3.97. The lowest BCUT2D eigenvalue weighted by molar-refractivity contribution is -0.111. The molecule has 3 heteroatoms. The SMILES string of the molecule is O=C[C@@H]1CCCN(c2cccnc2)C1. The maximum atomic E-state index is 10.7. The molecule has 0 spiro atoms. The Morgan fingerprint density at radius 1 is 1.57 bits per heavy atom. The lowest BCUT2D eigenvalue weighted by atomic mass is 9.99. The van der Waals surface area contributed by atoms with Gasteiger partial charge in [0.1, 0.15) is 6.29 Å². The first-order valence-electron chi connectivity index (χ1n) is 5.00. The third kappa shape index (κ3) is 1.92. The van der Waals surface area contributed by atoms with Crippen molar-refractivity contribution in [1.29, 1.82) is 0 Å². The molecule has 0 aromatic carbocycles. The second kappa shape index (κ2) is 4.22. The van der Waals surface area contributed by atoms with Crippen LogP contribution in [-0.2, 0) is 4.79 Å². The summed E-state index contributed by atoms with van der Waals surface area (Å²) < 4.78 is 0. The zero-order valence-electron chi connectivity index (χ0n) is 8.10. The molecular weight excluding hydrogens is 176 g/mol. The van der Waals surface area contributed by atoms with Crippen LogP contribution in [0.25, 0.3) is 0 Å². The van der Waals surface area contributed by atoms with Crippen LogP contribution in [0.1, 0.15) is 12.8 Å². The number of piperidine rings is 1. The van der Waals surface area contributed by atoms with E-state index >= 15 is 0 Å². The summed E-state index contributed by atoms with van der Waals surface area (Å²) in [5.74, 6) is 0.198. The van der Waals surface area contributed by atoms with Crippen LogP contribution in [0.5, 0.6) is 0 Å². The summed E-state index contributed by atoms with van der Waals surface area (Å²) in [4.78, 5) is 17.0. The molecule has 0 aliphatic carbocycles. The Kier molecular flexibility index (Phi) is 2.77. The normalized spacial score (nSPS) is 22.0. The molecule has 1 fully saturated rings. The minimum absolute atomic E-state index is 0.198. The Morgan fingerprint density at radius 2 is 2.50 bits per heavy atom. The number of aromatic nitrogens is 1. The molecule has 0 unspecified atom stereocenters. The van der Waals surface area contributed by atoms with Crippen LogP contribution in [0.4, 0.5) is 5.69 Å². The summed E-state index contributed by atoms with van der Waals surface area (Å²) >= 11 is 0. The van der Waals surface area contributed by atoms with Crippen molar-refractivity contribution < 1.29 is 4.79 Å². The molecule has 1 aromatic rings. The van der Waals surface area contributed by atoms with Crippen molar-refractivity contribution in [2.45, 2.75) is 12.8 Å². The van der Waals surface area contributed by atoms with E-state index in [0.29, 0.717) is 0 Å². The molecule has 0 N–H and O–H groups in total. The first kappa shape index (κ1) is 9.19. The fourth-order valence-electron chi connectivity index (χ4n) is 1.90. The van der Waals surface area contributed by atoms with Gasteiger partial charge in [-0.15, -0.1) is 0 Å². The Labute approximate surface area is 83.8 Å². The first-order valence-corrected chi connectivity index (χ1v) is 5.00. The predicted octanol–water partition coefficient (Wildman–Crippen LogP) is 1.50. The third-order valence-electron chi connectivity index (χ3n) is 2.66. The van der Waals surface area contributed by atoms with E-state index in [1.807, 2.05) is 18.3 Å². The van der Waals surface area contributed by atoms with Crippen molar-refractivity contribution in [1.82, 2.24) is 4.98 Å². The average molecular weight is 190 g/mol. The van der Waals surface area contributed by atoms with Gasteiger partial charge < -0.3 is 9.69 Å². The molecule has 1 aliphatic heterocycles. The molecule has 1 aromatic heterocycles. The topological polar surface area (TPSA) is 33.2 Å². The molecule has 1 saturated heterocycles. The van der Waals surface area contributed by atoms with Crippen LogP contribution in [0.2, 0.25) is 0 Å². The van der Waals surface area contributed by atoms with E-state index in [1.54, 1.807) is 6.20 Å².